The lowest BCUT2D eigenvalue weighted by Crippen LogP contribution is -2.17. The molecular formula is C21H16N4O4. The molecule has 0 saturated heterocycles. The van der Waals surface area contributed by atoms with Crippen molar-refractivity contribution in [3.05, 3.63) is 94.4 Å². The predicted molar refractivity (Wildman–Crippen MR) is 107 cm³/mol. The van der Waals surface area contributed by atoms with E-state index in [0.29, 0.717) is 22.8 Å². The Labute approximate surface area is 165 Å². The number of aromatic nitrogens is 2. The summed E-state index contributed by atoms with van der Waals surface area (Å²) in [5, 5.41) is 18.4. The maximum Gasteiger partial charge on any atom is 0.274 e. The molecule has 1 amide bonds. The number of hydrogen-bond acceptors (Lipinski definition) is 5. The van der Waals surface area contributed by atoms with Crippen molar-refractivity contribution in [1.82, 2.24) is 9.78 Å². The maximum atomic E-state index is 13.0. The minimum atomic E-state index is -0.494. The van der Waals surface area contributed by atoms with Crippen LogP contribution in [0.3, 0.4) is 0 Å². The van der Waals surface area contributed by atoms with E-state index in [0.717, 1.165) is 5.56 Å². The van der Waals surface area contributed by atoms with Crippen molar-refractivity contribution in [3.8, 4) is 17.1 Å². The first-order chi connectivity index (χ1) is 14.0. The van der Waals surface area contributed by atoms with Crippen LogP contribution in [-0.2, 0) is 0 Å². The van der Waals surface area contributed by atoms with Crippen LogP contribution < -0.4 is 5.32 Å². The number of aryl methyl sites for hydroxylation is 1. The van der Waals surface area contributed by atoms with Crippen molar-refractivity contribution in [2.75, 3.05) is 5.32 Å². The second kappa shape index (κ2) is 7.43. The van der Waals surface area contributed by atoms with E-state index in [1.807, 2.05) is 19.1 Å². The molecule has 2 heterocycles. The van der Waals surface area contributed by atoms with Gasteiger partial charge in [0, 0.05) is 23.9 Å². The number of nitrogens with one attached hydrogen (secondary N) is 1. The zero-order chi connectivity index (χ0) is 20.4. The normalized spacial score (nSPS) is 10.7. The highest BCUT2D eigenvalue weighted by Crippen LogP contribution is 2.25. The van der Waals surface area contributed by atoms with Gasteiger partial charge < -0.3 is 9.73 Å². The van der Waals surface area contributed by atoms with Crippen molar-refractivity contribution < 1.29 is 14.1 Å². The molecule has 4 rings (SSSR count). The lowest BCUT2D eigenvalue weighted by Gasteiger charge is -2.08. The molecule has 0 atom stereocenters. The van der Waals surface area contributed by atoms with Gasteiger partial charge in [0.1, 0.15) is 11.4 Å². The predicted octanol–water partition coefficient (Wildman–Crippen LogP) is 4.60. The molecule has 144 valence electrons. The SMILES string of the molecule is Cc1ccc(NC(=O)c2cc(-c3ccco3)nn2-c2cccc([N+](=O)[O-])c2)cc1. The second-order valence-electron chi connectivity index (χ2n) is 6.40. The van der Waals surface area contributed by atoms with E-state index in [9.17, 15) is 14.9 Å². The highest BCUT2D eigenvalue weighted by molar-refractivity contribution is 6.04. The summed E-state index contributed by atoms with van der Waals surface area (Å²) in [5.41, 5.74) is 2.67. The lowest BCUT2D eigenvalue weighted by molar-refractivity contribution is -0.384. The Bertz CT molecular complexity index is 1180. The molecule has 0 saturated carbocycles. The summed E-state index contributed by atoms with van der Waals surface area (Å²) in [5.74, 6) is 0.0873. The largest absolute Gasteiger partial charge is 0.463 e. The molecule has 0 bridgehead atoms. The lowest BCUT2D eigenvalue weighted by atomic mass is 10.2. The zero-order valence-corrected chi connectivity index (χ0v) is 15.4. The van der Waals surface area contributed by atoms with Gasteiger partial charge in [0.15, 0.2) is 5.76 Å². The number of nitro groups is 1. The molecule has 0 unspecified atom stereocenters. The van der Waals surface area contributed by atoms with Gasteiger partial charge in [0.25, 0.3) is 11.6 Å². The zero-order valence-electron chi connectivity index (χ0n) is 15.4. The third kappa shape index (κ3) is 3.77. The molecule has 0 aliphatic carbocycles. The number of hydrogen-bond donors (Lipinski definition) is 1. The van der Waals surface area contributed by atoms with Gasteiger partial charge in [-0.3, -0.25) is 14.9 Å². The number of carbonyl (C=O) groups is 1. The molecule has 0 spiro atoms. The Balaban J connectivity index is 1.77. The van der Waals surface area contributed by atoms with Gasteiger partial charge in [-0.2, -0.15) is 5.10 Å². The van der Waals surface area contributed by atoms with E-state index in [2.05, 4.69) is 10.4 Å². The van der Waals surface area contributed by atoms with Crippen LogP contribution >= 0.6 is 0 Å². The number of anilines is 1. The first-order valence-corrected chi connectivity index (χ1v) is 8.78. The molecule has 0 radical (unpaired) electrons. The van der Waals surface area contributed by atoms with E-state index in [1.54, 1.807) is 42.5 Å². The third-order valence-corrected chi connectivity index (χ3v) is 4.31. The third-order valence-electron chi connectivity index (χ3n) is 4.31. The minimum absolute atomic E-state index is 0.0950. The number of non-ortho nitro benzene ring substituents is 1. The van der Waals surface area contributed by atoms with Crippen LogP contribution in [-0.4, -0.2) is 20.6 Å². The Kier molecular flexibility index (Phi) is 4.66. The summed E-state index contributed by atoms with van der Waals surface area (Å²) in [6.45, 7) is 1.96. The molecule has 2 aromatic heterocycles. The fourth-order valence-electron chi connectivity index (χ4n) is 2.85. The Morgan fingerprint density at radius 2 is 1.90 bits per heavy atom. The van der Waals surface area contributed by atoms with Crippen LogP contribution in [0.2, 0.25) is 0 Å². The molecule has 0 aliphatic heterocycles. The summed E-state index contributed by atoms with van der Waals surface area (Å²) in [6.07, 6.45) is 1.51. The highest BCUT2D eigenvalue weighted by atomic mass is 16.6. The number of furan rings is 1. The molecular weight excluding hydrogens is 372 g/mol. The van der Waals surface area contributed by atoms with Crippen molar-refractivity contribution in [2.45, 2.75) is 6.92 Å². The average Bonchev–Trinajstić information content (AvgIpc) is 3.39. The summed E-state index contributed by atoms with van der Waals surface area (Å²) in [7, 11) is 0. The van der Waals surface area contributed by atoms with Gasteiger partial charge in [-0.05, 0) is 37.3 Å². The van der Waals surface area contributed by atoms with Crippen LogP contribution in [0, 0.1) is 17.0 Å². The van der Waals surface area contributed by atoms with Crippen LogP contribution in [0.25, 0.3) is 17.1 Å². The summed E-state index contributed by atoms with van der Waals surface area (Å²) in [4.78, 5) is 23.6. The van der Waals surface area contributed by atoms with E-state index in [-0.39, 0.29) is 11.4 Å². The molecule has 8 nitrogen and oxygen atoms in total. The minimum Gasteiger partial charge on any atom is -0.463 e. The number of nitro benzene ring substituents is 1. The van der Waals surface area contributed by atoms with E-state index in [1.165, 1.54) is 23.1 Å². The van der Waals surface area contributed by atoms with E-state index >= 15 is 0 Å². The highest BCUT2D eigenvalue weighted by Gasteiger charge is 2.20. The van der Waals surface area contributed by atoms with Crippen LogP contribution in [0.4, 0.5) is 11.4 Å². The number of amides is 1. The molecule has 29 heavy (non-hydrogen) atoms. The Morgan fingerprint density at radius 3 is 2.59 bits per heavy atom. The quantitative estimate of drug-likeness (QED) is 0.397. The van der Waals surface area contributed by atoms with Gasteiger partial charge in [-0.25, -0.2) is 4.68 Å². The standard InChI is InChI=1S/C21H16N4O4/c1-14-7-9-15(10-8-14)22-21(26)19-13-18(20-6-3-11-29-20)23-24(19)16-4-2-5-17(12-16)25(27)28/h2-13H,1H3,(H,22,26). The van der Waals surface area contributed by atoms with Crippen molar-refractivity contribution in [2.24, 2.45) is 0 Å². The first-order valence-electron chi connectivity index (χ1n) is 8.78. The summed E-state index contributed by atoms with van der Waals surface area (Å²) < 4.78 is 6.75. The average molecular weight is 388 g/mol. The molecule has 8 heteroatoms. The fraction of sp³-hybridized carbons (Fsp3) is 0.0476. The van der Waals surface area contributed by atoms with Crippen LogP contribution in [0.1, 0.15) is 16.1 Å². The van der Waals surface area contributed by atoms with Crippen LogP contribution in [0.15, 0.2) is 77.4 Å². The fourth-order valence-corrected chi connectivity index (χ4v) is 2.85. The second-order valence-corrected chi connectivity index (χ2v) is 6.40. The van der Waals surface area contributed by atoms with Crippen molar-refractivity contribution >= 4 is 17.3 Å². The number of carbonyl (C=O) groups excluding carboxylic acids is 1. The topological polar surface area (TPSA) is 103 Å². The van der Waals surface area contributed by atoms with Crippen molar-refractivity contribution in [3.63, 3.8) is 0 Å². The van der Waals surface area contributed by atoms with Gasteiger partial charge in [0.2, 0.25) is 0 Å². The number of benzene rings is 2. The molecule has 2 aromatic carbocycles. The van der Waals surface area contributed by atoms with E-state index < -0.39 is 10.8 Å². The molecule has 0 aliphatic rings. The number of rotatable bonds is 5. The van der Waals surface area contributed by atoms with Gasteiger partial charge in [-0.15, -0.1) is 0 Å². The summed E-state index contributed by atoms with van der Waals surface area (Å²) >= 11 is 0. The van der Waals surface area contributed by atoms with Gasteiger partial charge in [0.05, 0.1) is 16.9 Å². The Morgan fingerprint density at radius 1 is 1.10 bits per heavy atom. The summed E-state index contributed by atoms with van der Waals surface area (Å²) in [6, 6.07) is 18.3. The monoisotopic (exact) mass is 388 g/mol. The maximum absolute atomic E-state index is 13.0. The number of nitrogens with zero attached hydrogens (tertiary/aromatic N) is 3. The van der Waals surface area contributed by atoms with Gasteiger partial charge >= 0.3 is 0 Å². The van der Waals surface area contributed by atoms with Crippen LogP contribution in [0.5, 0.6) is 0 Å². The first kappa shape index (κ1) is 18.2. The Hall–Kier alpha value is -4.20. The van der Waals surface area contributed by atoms with Gasteiger partial charge in [-0.1, -0.05) is 23.8 Å². The molecule has 1 N–H and O–H groups in total. The smallest absolute Gasteiger partial charge is 0.274 e. The molecule has 0 fully saturated rings. The molecule has 4 aromatic rings. The van der Waals surface area contributed by atoms with E-state index in [4.69, 9.17) is 4.42 Å². The van der Waals surface area contributed by atoms with Crippen molar-refractivity contribution in [1.29, 1.82) is 0 Å².